The fourth-order valence-corrected chi connectivity index (χ4v) is 3.98. The first kappa shape index (κ1) is 22.3. The molecule has 0 radical (unpaired) electrons. The number of fused-ring (bicyclic) bond motifs is 1. The lowest BCUT2D eigenvalue weighted by Gasteiger charge is -2.35. The number of carbonyl (C=O) groups is 1. The second kappa shape index (κ2) is 9.29. The maximum atomic E-state index is 13.2. The first-order valence-electron chi connectivity index (χ1n) is 11.5. The summed E-state index contributed by atoms with van der Waals surface area (Å²) in [5, 5.41) is 4.10. The maximum Gasteiger partial charge on any atom is 0.252 e. The Labute approximate surface area is 191 Å². The molecule has 168 valence electrons. The van der Waals surface area contributed by atoms with E-state index in [4.69, 9.17) is 4.98 Å². The number of hydrogen-bond acceptors (Lipinski definition) is 4. The van der Waals surface area contributed by atoms with E-state index in [9.17, 15) is 4.79 Å². The van der Waals surface area contributed by atoms with Crippen molar-refractivity contribution >= 4 is 22.6 Å². The first-order valence-corrected chi connectivity index (χ1v) is 11.5. The van der Waals surface area contributed by atoms with Crippen LogP contribution in [0.5, 0.6) is 0 Å². The van der Waals surface area contributed by atoms with Crippen LogP contribution in [0.15, 0.2) is 60.7 Å². The number of amides is 1. The number of rotatable bonds is 5. The predicted octanol–water partition coefficient (Wildman–Crippen LogP) is 4.72. The number of nitrogens with zero attached hydrogens (tertiary/aromatic N) is 3. The van der Waals surface area contributed by atoms with Gasteiger partial charge in [-0.3, -0.25) is 9.69 Å². The zero-order valence-corrected chi connectivity index (χ0v) is 19.6. The lowest BCUT2D eigenvalue weighted by Crippen LogP contribution is -2.46. The van der Waals surface area contributed by atoms with Gasteiger partial charge in [-0.05, 0) is 30.0 Å². The van der Waals surface area contributed by atoms with Crippen LogP contribution in [0.2, 0.25) is 0 Å². The SMILES string of the molecule is CC(NC(=O)c1cc(N2CCN(Cc3ccccc3)CC2)nc2ccccc12)C(C)(C)C. The standard InChI is InChI=1S/C27H34N4O/c1-20(27(2,3)4)28-26(32)23-18-25(29-24-13-9-8-12-22(23)24)31-16-14-30(15-17-31)19-21-10-6-5-7-11-21/h5-13,18,20H,14-17,19H2,1-4H3,(H,28,32). The molecule has 0 aliphatic carbocycles. The summed E-state index contributed by atoms with van der Waals surface area (Å²) in [4.78, 5) is 22.9. The summed E-state index contributed by atoms with van der Waals surface area (Å²) < 4.78 is 0. The Morgan fingerprint density at radius 1 is 1.00 bits per heavy atom. The summed E-state index contributed by atoms with van der Waals surface area (Å²) in [5.41, 5.74) is 2.91. The Bertz CT molecular complexity index is 1070. The average molecular weight is 431 g/mol. The Morgan fingerprint density at radius 3 is 2.34 bits per heavy atom. The number of hydrogen-bond donors (Lipinski definition) is 1. The van der Waals surface area contributed by atoms with Gasteiger partial charge in [0.1, 0.15) is 5.82 Å². The third-order valence-corrected chi connectivity index (χ3v) is 6.54. The molecule has 0 saturated carbocycles. The smallest absolute Gasteiger partial charge is 0.252 e. The van der Waals surface area contributed by atoms with Crippen LogP contribution in [0.25, 0.3) is 10.9 Å². The lowest BCUT2D eigenvalue weighted by molar-refractivity contribution is 0.0911. The molecule has 1 aliphatic heterocycles. The molecular formula is C27H34N4O. The van der Waals surface area contributed by atoms with Crippen molar-refractivity contribution in [2.75, 3.05) is 31.1 Å². The minimum absolute atomic E-state index is 0.00357. The molecule has 5 heteroatoms. The zero-order valence-electron chi connectivity index (χ0n) is 19.6. The summed E-state index contributed by atoms with van der Waals surface area (Å²) in [6.07, 6.45) is 0. The summed E-state index contributed by atoms with van der Waals surface area (Å²) >= 11 is 0. The van der Waals surface area contributed by atoms with Crippen LogP contribution in [-0.2, 0) is 6.54 Å². The molecular weight excluding hydrogens is 396 g/mol. The Morgan fingerprint density at radius 2 is 1.66 bits per heavy atom. The highest BCUT2D eigenvalue weighted by atomic mass is 16.1. The van der Waals surface area contributed by atoms with Gasteiger partial charge in [0, 0.05) is 44.2 Å². The van der Waals surface area contributed by atoms with Crippen LogP contribution in [0, 0.1) is 5.41 Å². The van der Waals surface area contributed by atoms with Crippen LogP contribution in [0.3, 0.4) is 0 Å². The van der Waals surface area contributed by atoms with Gasteiger partial charge in [-0.25, -0.2) is 4.98 Å². The number of para-hydroxylation sites is 1. The largest absolute Gasteiger partial charge is 0.354 e. The van der Waals surface area contributed by atoms with Crippen molar-refractivity contribution in [2.45, 2.75) is 40.3 Å². The summed E-state index contributed by atoms with van der Waals surface area (Å²) in [6, 6.07) is 20.6. The van der Waals surface area contributed by atoms with Crippen LogP contribution in [-0.4, -0.2) is 48.0 Å². The molecule has 1 atom stereocenters. The quantitative estimate of drug-likeness (QED) is 0.636. The Balaban J connectivity index is 1.53. The number of nitrogens with one attached hydrogen (secondary N) is 1. The van der Waals surface area contributed by atoms with E-state index in [1.165, 1.54) is 5.56 Å². The van der Waals surface area contributed by atoms with Crippen LogP contribution in [0.4, 0.5) is 5.82 Å². The molecule has 1 amide bonds. The molecule has 4 rings (SSSR count). The van der Waals surface area contributed by atoms with Crippen LogP contribution >= 0.6 is 0 Å². The fraction of sp³-hybridized carbons (Fsp3) is 0.407. The topological polar surface area (TPSA) is 48.5 Å². The molecule has 1 fully saturated rings. The van der Waals surface area contributed by atoms with Gasteiger partial charge >= 0.3 is 0 Å². The van der Waals surface area contributed by atoms with Crippen LogP contribution < -0.4 is 10.2 Å². The molecule has 1 aromatic heterocycles. The molecule has 32 heavy (non-hydrogen) atoms. The number of anilines is 1. The van der Waals surface area contributed by atoms with Gasteiger partial charge in [0.15, 0.2) is 0 Å². The monoisotopic (exact) mass is 430 g/mol. The van der Waals surface area contributed by atoms with E-state index in [1.54, 1.807) is 0 Å². The van der Waals surface area contributed by atoms with E-state index in [2.05, 4.69) is 73.1 Å². The minimum Gasteiger partial charge on any atom is -0.354 e. The number of piperazine rings is 1. The second-order valence-corrected chi connectivity index (χ2v) is 9.86. The molecule has 1 unspecified atom stereocenters. The van der Waals surface area contributed by atoms with E-state index in [1.807, 2.05) is 30.3 Å². The van der Waals surface area contributed by atoms with E-state index >= 15 is 0 Å². The lowest BCUT2D eigenvalue weighted by atomic mass is 9.88. The van der Waals surface area contributed by atoms with Crippen molar-refractivity contribution < 1.29 is 4.79 Å². The second-order valence-electron chi connectivity index (χ2n) is 9.86. The van der Waals surface area contributed by atoms with Crippen molar-refractivity contribution in [1.82, 2.24) is 15.2 Å². The molecule has 1 aliphatic rings. The van der Waals surface area contributed by atoms with Crippen molar-refractivity contribution in [3.63, 3.8) is 0 Å². The predicted molar refractivity (Wildman–Crippen MR) is 132 cm³/mol. The van der Waals surface area contributed by atoms with Crippen molar-refractivity contribution in [3.8, 4) is 0 Å². The Hall–Kier alpha value is -2.92. The number of carbonyl (C=O) groups excluding carboxylic acids is 1. The van der Waals surface area contributed by atoms with E-state index < -0.39 is 0 Å². The number of pyridine rings is 1. The number of aromatic nitrogens is 1. The first-order chi connectivity index (χ1) is 15.3. The van der Waals surface area contributed by atoms with E-state index in [-0.39, 0.29) is 17.4 Å². The Kier molecular flexibility index (Phi) is 6.47. The maximum absolute atomic E-state index is 13.2. The van der Waals surface area contributed by atoms with Gasteiger partial charge in [0.2, 0.25) is 0 Å². The van der Waals surface area contributed by atoms with Gasteiger partial charge in [0.05, 0.1) is 11.1 Å². The van der Waals surface area contributed by atoms with Gasteiger partial charge < -0.3 is 10.2 Å². The fourth-order valence-electron chi connectivity index (χ4n) is 3.98. The zero-order chi connectivity index (χ0) is 22.7. The van der Waals surface area contributed by atoms with Crippen LogP contribution in [0.1, 0.15) is 43.6 Å². The van der Waals surface area contributed by atoms with Gasteiger partial charge in [-0.15, -0.1) is 0 Å². The summed E-state index contributed by atoms with van der Waals surface area (Å²) in [5.74, 6) is 0.853. The van der Waals surface area contributed by atoms with Crippen molar-refractivity contribution in [3.05, 3.63) is 71.8 Å². The molecule has 2 aromatic carbocycles. The van der Waals surface area contributed by atoms with E-state index in [0.29, 0.717) is 5.56 Å². The average Bonchev–Trinajstić information content (AvgIpc) is 2.79. The minimum atomic E-state index is -0.0324. The molecule has 0 spiro atoms. The third-order valence-electron chi connectivity index (χ3n) is 6.54. The third kappa shape index (κ3) is 5.10. The van der Waals surface area contributed by atoms with Gasteiger partial charge in [-0.1, -0.05) is 69.3 Å². The molecule has 3 aromatic rings. The van der Waals surface area contributed by atoms with Gasteiger partial charge in [-0.2, -0.15) is 0 Å². The summed E-state index contributed by atoms with van der Waals surface area (Å²) in [6.45, 7) is 13.2. The molecule has 5 nitrogen and oxygen atoms in total. The molecule has 0 bridgehead atoms. The van der Waals surface area contributed by atoms with Crippen molar-refractivity contribution in [2.24, 2.45) is 5.41 Å². The highest BCUT2D eigenvalue weighted by molar-refractivity contribution is 6.07. The summed E-state index contributed by atoms with van der Waals surface area (Å²) in [7, 11) is 0. The molecule has 1 N–H and O–H groups in total. The van der Waals surface area contributed by atoms with Gasteiger partial charge in [0.25, 0.3) is 5.91 Å². The van der Waals surface area contributed by atoms with Crippen molar-refractivity contribution in [1.29, 1.82) is 0 Å². The number of benzene rings is 2. The molecule has 2 heterocycles. The van der Waals surface area contributed by atoms with E-state index in [0.717, 1.165) is 49.4 Å². The molecule has 1 saturated heterocycles. The highest BCUT2D eigenvalue weighted by Crippen LogP contribution is 2.25. The normalized spacial score (nSPS) is 16.2. The highest BCUT2D eigenvalue weighted by Gasteiger charge is 2.25.